The zero-order chi connectivity index (χ0) is 19.4. The predicted octanol–water partition coefficient (Wildman–Crippen LogP) is 3.97. The predicted molar refractivity (Wildman–Crippen MR) is 108 cm³/mol. The highest BCUT2D eigenvalue weighted by Gasteiger charge is 2.28. The lowest BCUT2D eigenvalue weighted by Gasteiger charge is -2.36. The number of pyridine rings is 1. The van der Waals surface area contributed by atoms with Crippen molar-refractivity contribution in [1.29, 1.82) is 0 Å². The van der Waals surface area contributed by atoms with Gasteiger partial charge in [-0.25, -0.2) is 0 Å². The number of para-hydroxylation sites is 1. The Kier molecular flexibility index (Phi) is 6.19. The second-order valence-corrected chi connectivity index (χ2v) is 8.00. The smallest absolute Gasteiger partial charge is 0.290 e. The lowest BCUT2D eigenvalue weighted by Crippen LogP contribution is -2.43. The fourth-order valence-electron chi connectivity index (χ4n) is 4.02. The molecule has 1 aromatic heterocycles. The van der Waals surface area contributed by atoms with Crippen LogP contribution < -0.4 is 10.3 Å². The summed E-state index contributed by atoms with van der Waals surface area (Å²) in [5.74, 6) is 1.08. The highest BCUT2D eigenvalue weighted by atomic mass is 16.5. The molecule has 0 aliphatic heterocycles. The number of amides is 1. The highest BCUT2D eigenvalue weighted by Crippen LogP contribution is 2.28. The van der Waals surface area contributed by atoms with Crippen molar-refractivity contribution >= 4 is 16.8 Å². The van der Waals surface area contributed by atoms with Crippen LogP contribution in [0.2, 0.25) is 0 Å². The number of H-pyrrole nitrogens is 1. The topological polar surface area (TPSA) is 62.4 Å². The molecule has 1 heterocycles. The van der Waals surface area contributed by atoms with Crippen molar-refractivity contribution in [1.82, 2.24) is 9.88 Å². The number of carbonyl (C=O) groups is 1. The molecule has 3 unspecified atom stereocenters. The molecule has 5 heteroatoms. The summed E-state index contributed by atoms with van der Waals surface area (Å²) in [5, 5.41) is 0.932. The number of nitrogens with one attached hydrogen (secondary N) is 1. The molecule has 0 radical (unpaired) electrons. The molecule has 3 rings (SSSR count). The first-order valence-corrected chi connectivity index (χ1v) is 9.96. The Morgan fingerprint density at radius 2 is 2.04 bits per heavy atom. The molecule has 0 bridgehead atoms. The van der Waals surface area contributed by atoms with E-state index in [1.54, 1.807) is 6.07 Å². The van der Waals surface area contributed by atoms with E-state index in [0.717, 1.165) is 17.3 Å². The number of ether oxygens (including phenoxy) is 1. The van der Waals surface area contributed by atoms with Crippen LogP contribution in [0.25, 0.3) is 10.9 Å². The third-order valence-electron chi connectivity index (χ3n) is 5.72. The van der Waals surface area contributed by atoms with E-state index < -0.39 is 0 Å². The molecule has 146 valence electrons. The fraction of sp³-hybridized carbons (Fsp3) is 0.545. The Labute approximate surface area is 160 Å². The van der Waals surface area contributed by atoms with Gasteiger partial charge in [0.15, 0.2) is 5.75 Å². The molecular formula is C22H30N2O3. The van der Waals surface area contributed by atoms with Crippen LogP contribution >= 0.6 is 0 Å². The summed E-state index contributed by atoms with van der Waals surface area (Å²) in [6.07, 6.45) is 5.21. The van der Waals surface area contributed by atoms with Gasteiger partial charge in [0.05, 0.1) is 6.61 Å². The number of hydrogen-bond donors (Lipinski definition) is 1. The quantitative estimate of drug-likeness (QED) is 0.837. The largest absolute Gasteiger partial charge is 0.488 e. The van der Waals surface area contributed by atoms with E-state index in [9.17, 15) is 9.59 Å². The molecule has 1 N–H and O–H groups in total. The van der Waals surface area contributed by atoms with Crippen LogP contribution in [0.3, 0.4) is 0 Å². The number of fused-ring (bicyclic) bond motifs is 1. The van der Waals surface area contributed by atoms with Crippen molar-refractivity contribution in [3.05, 3.63) is 40.7 Å². The monoisotopic (exact) mass is 370 g/mol. The molecule has 5 nitrogen and oxygen atoms in total. The third kappa shape index (κ3) is 4.71. The maximum absolute atomic E-state index is 12.7. The normalized spacial score (nSPS) is 21.0. The minimum absolute atomic E-state index is 0.0460. The second-order valence-electron chi connectivity index (χ2n) is 8.00. The van der Waals surface area contributed by atoms with Crippen LogP contribution in [-0.4, -0.2) is 35.5 Å². The molecule has 1 amide bonds. The van der Waals surface area contributed by atoms with Crippen molar-refractivity contribution < 1.29 is 9.53 Å². The molecule has 1 aliphatic carbocycles. The minimum atomic E-state index is -0.236. The van der Waals surface area contributed by atoms with Crippen LogP contribution in [0, 0.1) is 11.8 Å². The van der Waals surface area contributed by atoms with E-state index >= 15 is 0 Å². The van der Waals surface area contributed by atoms with Crippen molar-refractivity contribution in [2.24, 2.45) is 11.8 Å². The van der Waals surface area contributed by atoms with E-state index in [1.807, 2.05) is 43.1 Å². The molecular weight excluding hydrogens is 340 g/mol. The maximum atomic E-state index is 12.7. The summed E-state index contributed by atoms with van der Waals surface area (Å²) < 4.78 is 5.74. The maximum Gasteiger partial charge on any atom is 0.290 e. The van der Waals surface area contributed by atoms with E-state index in [-0.39, 0.29) is 17.4 Å². The first-order valence-electron chi connectivity index (χ1n) is 9.96. The molecule has 1 saturated carbocycles. The van der Waals surface area contributed by atoms with Crippen LogP contribution in [0.15, 0.2) is 35.1 Å². The standard InChI is InChI=1S/C22H30N2O3/c1-15(12-21(25)24(3)19-11-7-4-8-16(19)2)14-27-20-13-17-9-5-6-10-18(17)23-22(20)26/h5-6,9-10,13,15-16,19H,4,7-8,11-12,14H2,1-3H3,(H,23,26). The molecule has 2 aromatic rings. The second kappa shape index (κ2) is 8.59. The zero-order valence-corrected chi connectivity index (χ0v) is 16.5. The number of rotatable bonds is 6. The van der Waals surface area contributed by atoms with Gasteiger partial charge in [-0.3, -0.25) is 9.59 Å². The van der Waals surface area contributed by atoms with Gasteiger partial charge >= 0.3 is 0 Å². The van der Waals surface area contributed by atoms with Crippen LogP contribution in [0.5, 0.6) is 5.75 Å². The number of nitrogens with zero attached hydrogens (tertiary/aromatic N) is 1. The van der Waals surface area contributed by atoms with Gasteiger partial charge in [0.1, 0.15) is 0 Å². The van der Waals surface area contributed by atoms with Crippen molar-refractivity contribution in [3.8, 4) is 5.75 Å². The van der Waals surface area contributed by atoms with Gasteiger partial charge in [-0.2, -0.15) is 0 Å². The Morgan fingerprint density at radius 3 is 2.81 bits per heavy atom. The number of aromatic amines is 1. The molecule has 1 aromatic carbocycles. The Bertz CT molecular complexity index is 845. The molecule has 3 atom stereocenters. The van der Waals surface area contributed by atoms with Gasteiger partial charge in [-0.15, -0.1) is 0 Å². The summed E-state index contributed by atoms with van der Waals surface area (Å²) >= 11 is 0. The van der Waals surface area contributed by atoms with Crippen LogP contribution in [0.4, 0.5) is 0 Å². The van der Waals surface area contributed by atoms with E-state index in [2.05, 4.69) is 11.9 Å². The van der Waals surface area contributed by atoms with Gasteiger partial charge in [0.25, 0.3) is 5.56 Å². The van der Waals surface area contributed by atoms with Gasteiger partial charge in [0, 0.05) is 30.4 Å². The third-order valence-corrected chi connectivity index (χ3v) is 5.72. The van der Waals surface area contributed by atoms with E-state index in [0.29, 0.717) is 30.7 Å². The van der Waals surface area contributed by atoms with Gasteiger partial charge in [-0.1, -0.05) is 44.9 Å². The van der Waals surface area contributed by atoms with E-state index in [1.165, 1.54) is 19.3 Å². The number of carbonyl (C=O) groups excluding carboxylic acids is 1. The molecule has 1 fully saturated rings. The summed E-state index contributed by atoms with van der Waals surface area (Å²) in [4.78, 5) is 29.6. The highest BCUT2D eigenvalue weighted by molar-refractivity contribution is 5.79. The van der Waals surface area contributed by atoms with Gasteiger partial charge in [0.2, 0.25) is 5.91 Å². The lowest BCUT2D eigenvalue weighted by molar-refractivity contribution is -0.134. The van der Waals surface area contributed by atoms with Gasteiger partial charge < -0.3 is 14.6 Å². The molecule has 0 spiro atoms. The summed E-state index contributed by atoms with van der Waals surface area (Å²) in [7, 11) is 1.93. The lowest BCUT2D eigenvalue weighted by atomic mass is 9.85. The Balaban J connectivity index is 1.56. The summed E-state index contributed by atoms with van der Waals surface area (Å²) in [6.45, 7) is 4.58. The van der Waals surface area contributed by atoms with Crippen molar-refractivity contribution in [2.75, 3.05) is 13.7 Å². The first kappa shape index (κ1) is 19.5. The fourth-order valence-corrected chi connectivity index (χ4v) is 4.02. The zero-order valence-electron chi connectivity index (χ0n) is 16.5. The van der Waals surface area contributed by atoms with Crippen molar-refractivity contribution in [2.45, 2.75) is 52.0 Å². The van der Waals surface area contributed by atoms with E-state index in [4.69, 9.17) is 4.74 Å². The van der Waals surface area contributed by atoms with Gasteiger partial charge in [-0.05, 0) is 36.8 Å². The molecule has 1 aliphatic rings. The number of hydrogen-bond acceptors (Lipinski definition) is 3. The first-order chi connectivity index (χ1) is 13.0. The Hall–Kier alpha value is -2.30. The van der Waals surface area contributed by atoms with Crippen molar-refractivity contribution in [3.63, 3.8) is 0 Å². The SMILES string of the molecule is CC(COc1cc2ccccc2[nH]c1=O)CC(=O)N(C)C1CCCCC1C. The van der Waals surface area contributed by atoms with Crippen LogP contribution in [-0.2, 0) is 4.79 Å². The molecule has 0 saturated heterocycles. The molecule has 27 heavy (non-hydrogen) atoms. The summed E-state index contributed by atoms with van der Waals surface area (Å²) in [6, 6.07) is 9.72. The Morgan fingerprint density at radius 1 is 1.30 bits per heavy atom. The summed E-state index contributed by atoms with van der Waals surface area (Å²) in [5.41, 5.74) is 0.557. The minimum Gasteiger partial charge on any atom is -0.488 e. The number of aromatic nitrogens is 1. The van der Waals surface area contributed by atoms with Crippen LogP contribution in [0.1, 0.15) is 46.0 Å². The average molecular weight is 370 g/mol. The average Bonchev–Trinajstić information content (AvgIpc) is 2.66. The number of benzene rings is 1.